The number of carbonyl (C=O) groups is 2. The maximum absolute atomic E-state index is 12.8. The fraction of sp³-hybridized carbons (Fsp3) is 0.333. The van der Waals surface area contributed by atoms with Crippen molar-refractivity contribution in [2.75, 3.05) is 26.2 Å². The molecule has 0 aliphatic carbocycles. The Bertz CT molecular complexity index is 1020. The van der Waals surface area contributed by atoms with E-state index in [-0.39, 0.29) is 29.5 Å². The van der Waals surface area contributed by atoms with E-state index in [2.05, 4.69) is 0 Å². The van der Waals surface area contributed by atoms with E-state index in [1.165, 1.54) is 35.5 Å². The van der Waals surface area contributed by atoms with Crippen molar-refractivity contribution in [3.05, 3.63) is 59.2 Å². The van der Waals surface area contributed by atoms with Gasteiger partial charge in [0, 0.05) is 33.1 Å². The summed E-state index contributed by atoms with van der Waals surface area (Å²) in [7, 11) is -3.68. The van der Waals surface area contributed by atoms with Gasteiger partial charge in [-0.25, -0.2) is 13.2 Å². The highest BCUT2D eigenvalue weighted by Gasteiger charge is 2.29. The van der Waals surface area contributed by atoms with Crippen LogP contribution in [0.15, 0.2) is 47.4 Å². The summed E-state index contributed by atoms with van der Waals surface area (Å²) in [4.78, 5) is 25.5. The Kier molecular flexibility index (Phi) is 6.04. The third-order valence-electron chi connectivity index (χ3n) is 4.94. The van der Waals surface area contributed by atoms with Gasteiger partial charge in [-0.15, -0.1) is 0 Å². The van der Waals surface area contributed by atoms with Gasteiger partial charge in [-0.2, -0.15) is 4.31 Å². The topological polar surface area (TPSA) is 84.0 Å². The number of rotatable bonds is 4. The van der Waals surface area contributed by atoms with Crippen molar-refractivity contribution in [2.45, 2.75) is 25.7 Å². The number of hydrogen-bond donors (Lipinski definition) is 0. The molecule has 154 valence electrons. The number of benzene rings is 2. The van der Waals surface area contributed by atoms with E-state index in [9.17, 15) is 18.0 Å². The Balaban J connectivity index is 1.70. The zero-order valence-corrected chi connectivity index (χ0v) is 17.5. The van der Waals surface area contributed by atoms with Crippen LogP contribution in [0, 0.1) is 13.8 Å². The van der Waals surface area contributed by atoms with Gasteiger partial charge < -0.3 is 9.64 Å². The first kappa shape index (κ1) is 21.0. The van der Waals surface area contributed by atoms with Crippen LogP contribution in [0.1, 0.15) is 28.4 Å². The molecule has 0 bridgehead atoms. The van der Waals surface area contributed by atoms with Crippen LogP contribution in [-0.4, -0.2) is 55.7 Å². The minimum absolute atomic E-state index is 0.0614. The molecule has 0 atom stereocenters. The Morgan fingerprint density at radius 1 is 0.931 bits per heavy atom. The van der Waals surface area contributed by atoms with Gasteiger partial charge in [0.15, 0.2) is 0 Å². The molecule has 7 nitrogen and oxygen atoms in total. The van der Waals surface area contributed by atoms with Crippen molar-refractivity contribution in [1.82, 2.24) is 9.21 Å². The molecule has 0 saturated carbocycles. The molecule has 0 spiro atoms. The SMILES string of the molecule is CC(=O)N1CCN(S(=O)(=O)c2ccc(C(=O)Oc3ccc(C)cc3C)cc2)CC1. The van der Waals surface area contributed by atoms with Gasteiger partial charge >= 0.3 is 5.97 Å². The number of esters is 1. The van der Waals surface area contributed by atoms with Crippen LogP contribution in [-0.2, 0) is 14.8 Å². The molecule has 0 radical (unpaired) electrons. The first-order valence-electron chi connectivity index (χ1n) is 9.33. The number of piperazine rings is 1. The third kappa shape index (κ3) is 4.65. The van der Waals surface area contributed by atoms with Gasteiger partial charge in [0.1, 0.15) is 5.75 Å². The molecule has 0 unspecified atom stereocenters. The number of amides is 1. The number of aryl methyl sites for hydroxylation is 2. The average Bonchev–Trinajstić information content (AvgIpc) is 2.70. The first-order valence-corrected chi connectivity index (χ1v) is 10.8. The molecule has 29 heavy (non-hydrogen) atoms. The summed E-state index contributed by atoms with van der Waals surface area (Å²) in [6.07, 6.45) is 0. The molecule has 3 rings (SSSR count). The summed E-state index contributed by atoms with van der Waals surface area (Å²) in [5, 5.41) is 0. The minimum Gasteiger partial charge on any atom is -0.423 e. The first-order chi connectivity index (χ1) is 13.7. The monoisotopic (exact) mass is 416 g/mol. The largest absolute Gasteiger partial charge is 0.423 e. The number of nitrogens with zero attached hydrogens (tertiary/aromatic N) is 2. The van der Waals surface area contributed by atoms with Gasteiger partial charge in [-0.05, 0) is 49.7 Å². The van der Waals surface area contributed by atoms with Gasteiger partial charge in [0.05, 0.1) is 10.5 Å². The van der Waals surface area contributed by atoms with Crippen molar-refractivity contribution in [3.8, 4) is 5.75 Å². The van der Waals surface area contributed by atoms with E-state index in [1.807, 2.05) is 26.0 Å². The molecule has 1 amide bonds. The number of sulfonamides is 1. The smallest absolute Gasteiger partial charge is 0.343 e. The lowest BCUT2D eigenvalue weighted by atomic mass is 10.1. The van der Waals surface area contributed by atoms with Crippen LogP contribution in [0.2, 0.25) is 0 Å². The summed E-state index contributed by atoms with van der Waals surface area (Å²) in [5.74, 6) is -0.134. The van der Waals surface area contributed by atoms with E-state index >= 15 is 0 Å². The Hall–Kier alpha value is -2.71. The Labute approximate surface area is 170 Å². The van der Waals surface area contributed by atoms with Gasteiger partial charge in [0.2, 0.25) is 15.9 Å². The zero-order chi connectivity index (χ0) is 21.2. The summed E-state index contributed by atoms with van der Waals surface area (Å²) < 4.78 is 32.4. The summed E-state index contributed by atoms with van der Waals surface area (Å²) in [5.41, 5.74) is 2.19. The molecule has 2 aromatic rings. The average molecular weight is 416 g/mol. The molecule has 1 aliphatic heterocycles. The van der Waals surface area contributed by atoms with Crippen LogP contribution < -0.4 is 4.74 Å². The van der Waals surface area contributed by atoms with Crippen molar-refractivity contribution in [2.24, 2.45) is 0 Å². The lowest BCUT2D eigenvalue weighted by Gasteiger charge is -2.33. The van der Waals surface area contributed by atoms with Crippen LogP contribution in [0.25, 0.3) is 0 Å². The fourth-order valence-electron chi connectivity index (χ4n) is 3.23. The molecular weight excluding hydrogens is 392 g/mol. The summed E-state index contributed by atoms with van der Waals surface area (Å²) in [6.45, 7) is 6.52. The zero-order valence-electron chi connectivity index (χ0n) is 16.7. The van der Waals surface area contributed by atoms with Crippen molar-refractivity contribution in [1.29, 1.82) is 0 Å². The second-order valence-corrected chi connectivity index (χ2v) is 9.03. The van der Waals surface area contributed by atoms with E-state index in [0.717, 1.165) is 11.1 Å². The second-order valence-electron chi connectivity index (χ2n) is 7.09. The molecule has 1 fully saturated rings. The Morgan fingerprint density at radius 2 is 1.55 bits per heavy atom. The van der Waals surface area contributed by atoms with E-state index in [1.54, 1.807) is 11.0 Å². The molecule has 1 aliphatic rings. The van der Waals surface area contributed by atoms with Crippen LogP contribution >= 0.6 is 0 Å². The summed E-state index contributed by atoms with van der Waals surface area (Å²) in [6, 6.07) is 11.2. The van der Waals surface area contributed by atoms with Crippen molar-refractivity contribution in [3.63, 3.8) is 0 Å². The maximum atomic E-state index is 12.8. The quantitative estimate of drug-likeness (QED) is 0.564. The van der Waals surface area contributed by atoms with E-state index in [0.29, 0.717) is 18.8 Å². The molecule has 0 N–H and O–H groups in total. The van der Waals surface area contributed by atoms with Crippen LogP contribution in [0.5, 0.6) is 5.75 Å². The van der Waals surface area contributed by atoms with Gasteiger partial charge in [-0.3, -0.25) is 4.79 Å². The molecule has 1 saturated heterocycles. The fourth-order valence-corrected chi connectivity index (χ4v) is 4.65. The van der Waals surface area contributed by atoms with Crippen molar-refractivity contribution < 1.29 is 22.7 Å². The molecular formula is C21H24N2O5S. The van der Waals surface area contributed by atoms with Crippen LogP contribution in [0.3, 0.4) is 0 Å². The normalized spacial score (nSPS) is 15.2. The minimum atomic E-state index is -3.68. The molecule has 1 heterocycles. The highest BCUT2D eigenvalue weighted by Crippen LogP contribution is 2.22. The predicted octanol–water partition coefficient (Wildman–Crippen LogP) is 2.38. The van der Waals surface area contributed by atoms with E-state index in [4.69, 9.17) is 4.74 Å². The molecule has 0 aromatic heterocycles. The van der Waals surface area contributed by atoms with Gasteiger partial charge in [-0.1, -0.05) is 17.7 Å². The number of hydrogen-bond acceptors (Lipinski definition) is 5. The molecule has 2 aromatic carbocycles. The number of carbonyl (C=O) groups excluding carboxylic acids is 2. The van der Waals surface area contributed by atoms with Gasteiger partial charge in [0.25, 0.3) is 0 Å². The highest BCUT2D eigenvalue weighted by molar-refractivity contribution is 7.89. The Morgan fingerprint density at radius 3 is 2.10 bits per heavy atom. The third-order valence-corrected chi connectivity index (χ3v) is 6.86. The lowest BCUT2D eigenvalue weighted by Crippen LogP contribution is -2.49. The maximum Gasteiger partial charge on any atom is 0.343 e. The second kappa shape index (κ2) is 8.34. The summed E-state index contributed by atoms with van der Waals surface area (Å²) >= 11 is 0. The van der Waals surface area contributed by atoms with Crippen molar-refractivity contribution >= 4 is 21.9 Å². The standard InChI is InChI=1S/C21H24N2O5S/c1-15-4-9-20(16(2)14-15)28-21(25)18-5-7-19(8-6-18)29(26,27)23-12-10-22(11-13-23)17(3)24/h4-9,14H,10-13H2,1-3H3. The predicted molar refractivity (Wildman–Crippen MR) is 108 cm³/mol. The van der Waals surface area contributed by atoms with Crippen LogP contribution in [0.4, 0.5) is 0 Å². The number of ether oxygens (including phenoxy) is 1. The molecule has 8 heteroatoms. The highest BCUT2D eigenvalue weighted by atomic mass is 32.2. The lowest BCUT2D eigenvalue weighted by molar-refractivity contribution is -0.129. The van der Waals surface area contributed by atoms with E-state index < -0.39 is 16.0 Å².